The van der Waals surface area contributed by atoms with Crippen LogP contribution >= 0.6 is 11.6 Å². The van der Waals surface area contributed by atoms with Crippen LogP contribution in [0.3, 0.4) is 0 Å². The molecule has 2 nitrogen and oxygen atoms in total. The van der Waals surface area contributed by atoms with E-state index in [-0.39, 0.29) is 5.78 Å². The topological polar surface area (TPSA) is 26.3 Å². The molecule has 0 aliphatic heterocycles. The van der Waals surface area contributed by atoms with Crippen LogP contribution in [0.4, 0.5) is 0 Å². The van der Waals surface area contributed by atoms with Crippen molar-refractivity contribution in [2.24, 2.45) is 0 Å². The minimum Gasteiger partial charge on any atom is -0.497 e. The van der Waals surface area contributed by atoms with Crippen LogP contribution in [0.1, 0.15) is 15.9 Å². The second-order valence-corrected chi connectivity index (χ2v) is 4.74. The standard InChI is InChI=1S/C18H15ClO2/c1-21-16-12-10-14(11-13-16)17(19)8-5-9-18(20)15-6-3-2-4-7-15/h2-13H,1H3/b9-5-,17-8-. The maximum Gasteiger partial charge on any atom is 0.185 e. The van der Waals surface area contributed by atoms with E-state index in [0.29, 0.717) is 10.6 Å². The van der Waals surface area contributed by atoms with Crippen molar-refractivity contribution in [3.8, 4) is 5.75 Å². The molecule has 0 amide bonds. The summed E-state index contributed by atoms with van der Waals surface area (Å²) in [4.78, 5) is 11.9. The number of methoxy groups -OCH3 is 1. The van der Waals surface area contributed by atoms with Crippen LogP contribution < -0.4 is 4.74 Å². The van der Waals surface area contributed by atoms with Crippen molar-refractivity contribution in [3.05, 3.63) is 84.0 Å². The van der Waals surface area contributed by atoms with Gasteiger partial charge in [-0.1, -0.05) is 48.0 Å². The first-order chi connectivity index (χ1) is 10.2. The van der Waals surface area contributed by atoms with E-state index in [2.05, 4.69) is 0 Å². The number of halogens is 1. The summed E-state index contributed by atoms with van der Waals surface area (Å²) in [5.74, 6) is 0.726. The van der Waals surface area contributed by atoms with Crippen LogP contribution in [0.2, 0.25) is 0 Å². The molecule has 2 aromatic carbocycles. The van der Waals surface area contributed by atoms with Crippen LogP contribution in [0, 0.1) is 0 Å². The molecule has 0 saturated heterocycles. The molecule has 21 heavy (non-hydrogen) atoms. The Morgan fingerprint density at radius 3 is 2.29 bits per heavy atom. The van der Waals surface area contributed by atoms with E-state index in [4.69, 9.17) is 16.3 Å². The van der Waals surface area contributed by atoms with E-state index in [0.717, 1.165) is 11.3 Å². The third-order valence-corrected chi connectivity index (χ3v) is 3.26. The minimum absolute atomic E-state index is 0.0500. The van der Waals surface area contributed by atoms with Gasteiger partial charge in [-0.2, -0.15) is 0 Å². The maximum atomic E-state index is 11.9. The van der Waals surface area contributed by atoms with Crippen molar-refractivity contribution in [2.75, 3.05) is 7.11 Å². The highest BCUT2D eigenvalue weighted by Crippen LogP contribution is 2.21. The molecule has 0 aliphatic rings. The molecule has 0 fully saturated rings. The Labute approximate surface area is 129 Å². The van der Waals surface area contributed by atoms with Crippen molar-refractivity contribution in [1.29, 1.82) is 0 Å². The van der Waals surface area contributed by atoms with E-state index in [1.165, 1.54) is 6.08 Å². The normalized spacial score (nSPS) is 11.6. The highest BCUT2D eigenvalue weighted by atomic mass is 35.5. The number of allylic oxidation sites excluding steroid dienone is 3. The summed E-state index contributed by atoms with van der Waals surface area (Å²) in [5, 5.41) is 0.565. The molecule has 0 N–H and O–H groups in total. The molecule has 0 saturated carbocycles. The van der Waals surface area contributed by atoms with Gasteiger partial charge in [0.15, 0.2) is 5.78 Å². The highest BCUT2D eigenvalue weighted by molar-refractivity contribution is 6.48. The fraction of sp³-hybridized carbons (Fsp3) is 0.0556. The molecule has 0 bridgehead atoms. The number of hydrogen-bond acceptors (Lipinski definition) is 2. The summed E-state index contributed by atoms with van der Waals surface area (Å²) in [6, 6.07) is 16.5. The monoisotopic (exact) mass is 298 g/mol. The maximum absolute atomic E-state index is 11.9. The van der Waals surface area contributed by atoms with Crippen molar-refractivity contribution in [2.45, 2.75) is 0 Å². The predicted molar refractivity (Wildman–Crippen MR) is 86.7 cm³/mol. The Hall–Kier alpha value is -2.32. The summed E-state index contributed by atoms with van der Waals surface area (Å²) >= 11 is 6.19. The highest BCUT2D eigenvalue weighted by Gasteiger charge is 2.00. The number of ketones is 1. The Morgan fingerprint density at radius 2 is 1.67 bits per heavy atom. The van der Waals surface area contributed by atoms with Crippen LogP contribution in [0.5, 0.6) is 5.75 Å². The van der Waals surface area contributed by atoms with E-state index < -0.39 is 0 Å². The lowest BCUT2D eigenvalue weighted by Gasteiger charge is -2.01. The third-order valence-electron chi connectivity index (χ3n) is 2.91. The number of carbonyl (C=O) groups is 1. The number of carbonyl (C=O) groups excluding carboxylic acids is 1. The van der Waals surface area contributed by atoms with E-state index >= 15 is 0 Å². The molecule has 3 heteroatoms. The van der Waals surface area contributed by atoms with Gasteiger partial charge >= 0.3 is 0 Å². The first-order valence-corrected chi connectivity index (χ1v) is 6.86. The molecule has 106 valence electrons. The van der Waals surface area contributed by atoms with Crippen LogP contribution in [0.25, 0.3) is 5.03 Å². The lowest BCUT2D eigenvalue weighted by atomic mass is 10.1. The number of hydrogen-bond donors (Lipinski definition) is 0. The number of ether oxygens (including phenoxy) is 1. The first kappa shape index (κ1) is 15.1. The Kier molecular flexibility index (Phi) is 5.35. The van der Waals surface area contributed by atoms with E-state index in [9.17, 15) is 4.79 Å². The van der Waals surface area contributed by atoms with Crippen LogP contribution in [-0.2, 0) is 0 Å². The lowest BCUT2D eigenvalue weighted by Crippen LogP contribution is -1.92. The molecule has 0 heterocycles. The zero-order chi connectivity index (χ0) is 15.1. The fourth-order valence-corrected chi connectivity index (χ4v) is 1.96. The Morgan fingerprint density at radius 1 is 1.00 bits per heavy atom. The zero-order valence-electron chi connectivity index (χ0n) is 11.6. The van der Waals surface area contributed by atoms with Gasteiger partial charge in [0.2, 0.25) is 0 Å². The van der Waals surface area contributed by atoms with Gasteiger partial charge in [0.05, 0.1) is 7.11 Å². The molecule has 0 aliphatic carbocycles. The summed E-state index contributed by atoms with van der Waals surface area (Å²) in [6.45, 7) is 0. The third kappa shape index (κ3) is 4.33. The summed E-state index contributed by atoms with van der Waals surface area (Å²) < 4.78 is 5.09. The summed E-state index contributed by atoms with van der Waals surface area (Å²) in [6.07, 6.45) is 4.85. The largest absolute Gasteiger partial charge is 0.497 e. The molecular formula is C18H15ClO2. The minimum atomic E-state index is -0.0500. The predicted octanol–water partition coefficient (Wildman–Crippen LogP) is 4.71. The quantitative estimate of drug-likeness (QED) is 0.454. The molecule has 0 spiro atoms. The Balaban J connectivity index is 2.05. The van der Waals surface area contributed by atoms with Crippen molar-refractivity contribution < 1.29 is 9.53 Å². The van der Waals surface area contributed by atoms with Crippen LogP contribution in [0.15, 0.2) is 72.8 Å². The average Bonchev–Trinajstić information content (AvgIpc) is 2.55. The van der Waals surface area contributed by atoms with Gasteiger partial charge in [-0.05, 0) is 42.0 Å². The van der Waals surface area contributed by atoms with Crippen molar-refractivity contribution in [3.63, 3.8) is 0 Å². The van der Waals surface area contributed by atoms with Crippen molar-refractivity contribution in [1.82, 2.24) is 0 Å². The van der Waals surface area contributed by atoms with Crippen molar-refractivity contribution >= 4 is 22.4 Å². The SMILES string of the molecule is COc1ccc(/C(Cl)=C/C=C\C(=O)c2ccccc2)cc1. The van der Waals surface area contributed by atoms with Gasteiger partial charge < -0.3 is 4.74 Å². The summed E-state index contributed by atoms with van der Waals surface area (Å²) in [5.41, 5.74) is 1.52. The van der Waals surface area contributed by atoms with Gasteiger partial charge in [0.25, 0.3) is 0 Å². The molecule has 0 aromatic heterocycles. The molecule has 0 radical (unpaired) electrons. The summed E-state index contributed by atoms with van der Waals surface area (Å²) in [7, 11) is 1.62. The van der Waals surface area contributed by atoms with E-state index in [1.807, 2.05) is 42.5 Å². The number of benzene rings is 2. The average molecular weight is 299 g/mol. The first-order valence-electron chi connectivity index (χ1n) is 6.48. The van der Waals surface area contributed by atoms with Crippen LogP contribution in [-0.4, -0.2) is 12.9 Å². The molecule has 2 aromatic rings. The second-order valence-electron chi connectivity index (χ2n) is 4.33. The molecule has 0 unspecified atom stereocenters. The lowest BCUT2D eigenvalue weighted by molar-refractivity contribution is 0.104. The van der Waals surface area contributed by atoms with Gasteiger partial charge in [-0.15, -0.1) is 0 Å². The second kappa shape index (κ2) is 7.46. The van der Waals surface area contributed by atoms with Gasteiger partial charge in [0.1, 0.15) is 5.75 Å². The number of rotatable bonds is 5. The fourth-order valence-electron chi connectivity index (χ4n) is 1.77. The van der Waals surface area contributed by atoms with Gasteiger partial charge in [0, 0.05) is 10.6 Å². The van der Waals surface area contributed by atoms with Gasteiger partial charge in [-0.25, -0.2) is 0 Å². The molecular weight excluding hydrogens is 284 g/mol. The van der Waals surface area contributed by atoms with Gasteiger partial charge in [-0.3, -0.25) is 4.79 Å². The molecule has 0 atom stereocenters. The van der Waals surface area contributed by atoms with E-state index in [1.54, 1.807) is 31.4 Å². The Bertz CT molecular complexity index is 655. The smallest absolute Gasteiger partial charge is 0.185 e. The molecule has 2 rings (SSSR count). The zero-order valence-corrected chi connectivity index (χ0v) is 12.4.